The summed E-state index contributed by atoms with van der Waals surface area (Å²) in [5.74, 6) is 0.313. The molecule has 30 heavy (non-hydrogen) atoms. The molecule has 7 nitrogen and oxygen atoms in total. The Hall–Kier alpha value is -3.32. The second kappa shape index (κ2) is 7.84. The van der Waals surface area contributed by atoms with Gasteiger partial charge in [-0.15, -0.1) is 0 Å². The quantitative estimate of drug-likeness (QED) is 0.395. The molecule has 154 valence electrons. The monoisotopic (exact) mass is 403 g/mol. The normalized spacial score (nSPS) is 11.5. The zero-order valence-corrected chi connectivity index (χ0v) is 17.7. The SMILES string of the molecule is Cc1ccc(C)c(CNCCn2c3nc(=O)[nH]c(=O)c-3nc3cc(C)c(C)cc32)c1. The topological polar surface area (TPSA) is 92.7 Å². The van der Waals surface area contributed by atoms with Gasteiger partial charge in [-0.25, -0.2) is 9.78 Å². The first-order valence-corrected chi connectivity index (χ1v) is 10.0. The molecule has 0 fully saturated rings. The van der Waals surface area contributed by atoms with Crippen LogP contribution in [0.3, 0.4) is 0 Å². The van der Waals surface area contributed by atoms with Gasteiger partial charge in [-0.2, -0.15) is 4.98 Å². The van der Waals surface area contributed by atoms with Crippen molar-refractivity contribution in [3.63, 3.8) is 0 Å². The van der Waals surface area contributed by atoms with Gasteiger partial charge in [0.05, 0.1) is 11.0 Å². The van der Waals surface area contributed by atoms with Gasteiger partial charge in [0.15, 0.2) is 11.5 Å². The van der Waals surface area contributed by atoms with Gasteiger partial charge in [-0.3, -0.25) is 9.78 Å². The molecule has 4 rings (SSSR count). The molecule has 2 aliphatic heterocycles. The lowest BCUT2D eigenvalue weighted by atomic mass is 10.1. The molecule has 2 heterocycles. The number of nitrogens with zero attached hydrogens (tertiary/aromatic N) is 3. The molecule has 2 aliphatic rings. The van der Waals surface area contributed by atoms with E-state index in [1.807, 2.05) is 30.5 Å². The number of nitrogens with one attached hydrogen (secondary N) is 2. The summed E-state index contributed by atoms with van der Waals surface area (Å²) >= 11 is 0. The highest BCUT2D eigenvalue weighted by Crippen LogP contribution is 2.23. The number of aryl methyl sites for hydroxylation is 4. The minimum atomic E-state index is -0.658. The van der Waals surface area contributed by atoms with Gasteiger partial charge in [-0.1, -0.05) is 23.8 Å². The Morgan fingerprint density at radius 1 is 0.967 bits per heavy atom. The van der Waals surface area contributed by atoms with E-state index in [0.29, 0.717) is 24.4 Å². The third-order valence-corrected chi connectivity index (χ3v) is 5.56. The van der Waals surface area contributed by atoms with Gasteiger partial charge in [-0.05, 0) is 62.1 Å². The van der Waals surface area contributed by atoms with Crippen molar-refractivity contribution in [2.75, 3.05) is 6.54 Å². The zero-order valence-electron chi connectivity index (χ0n) is 17.7. The van der Waals surface area contributed by atoms with Crippen LogP contribution in [0.15, 0.2) is 39.9 Å². The van der Waals surface area contributed by atoms with Crippen molar-refractivity contribution < 1.29 is 0 Å². The summed E-state index contributed by atoms with van der Waals surface area (Å²) in [6, 6.07) is 10.4. The standard InChI is InChI=1S/C23H25N5O2/c1-13-5-6-14(2)17(9-13)12-24-7-8-28-19-11-16(4)15(3)10-18(19)25-20-21(28)26-23(30)27-22(20)29/h5-6,9-11,24H,7-8,12H2,1-4H3,(H,27,29,30). The molecule has 0 aliphatic carbocycles. The highest BCUT2D eigenvalue weighted by atomic mass is 16.2. The zero-order chi connectivity index (χ0) is 21.4. The third-order valence-electron chi connectivity index (χ3n) is 5.56. The van der Waals surface area contributed by atoms with Crippen molar-refractivity contribution in [1.82, 2.24) is 24.8 Å². The van der Waals surface area contributed by atoms with Gasteiger partial charge in [0.2, 0.25) is 0 Å². The molecule has 0 amide bonds. The van der Waals surface area contributed by atoms with E-state index in [9.17, 15) is 9.59 Å². The highest BCUT2D eigenvalue weighted by Gasteiger charge is 2.19. The van der Waals surface area contributed by atoms with E-state index < -0.39 is 11.2 Å². The first kappa shape index (κ1) is 20.0. The van der Waals surface area contributed by atoms with E-state index in [0.717, 1.165) is 23.2 Å². The number of benzene rings is 2. The molecule has 2 aromatic rings. The van der Waals surface area contributed by atoms with Crippen LogP contribution in [0.1, 0.15) is 27.8 Å². The Balaban J connectivity index is 1.70. The largest absolute Gasteiger partial charge is 0.349 e. The number of hydrogen-bond acceptors (Lipinski definition) is 5. The summed E-state index contributed by atoms with van der Waals surface area (Å²) in [5.41, 5.74) is 6.53. The number of fused-ring (bicyclic) bond motifs is 2. The Kier molecular flexibility index (Phi) is 5.22. The predicted octanol–water partition coefficient (Wildman–Crippen LogP) is 2.61. The van der Waals surface area contributed by atoms with Crippen molar-refractivity contribution >= 4 is 11.0 Å². The predicted molar refractivity (Wildman–Crippen MR) is 118 cm³/mol. The lowest BCUT2D eigenvalue weighted by molar-refractivity contribution is 0.601. The number of aromatic amines is 1. The molecule has 0 bridgehead atoms. The molecule has 0 radical (unpaired) electrons. The van der Waals surface area contributed by atoms with Crippen LogP contribution in [-0.4, -0.2) is 26.1 Å². The second-order valence-electron chi connectivity index (χ2n) is 7.84. The van der Waals surface area contributed by atoms with E-state index >= 15 is 0 Å². The first-order chi connectivity index (χ1) is 14.3. The van der Waals surface area contributed by atoms with Gasteiger partial charge < -0.3 is 9.88 Å². The summed E-state index contributed by atoms with van der Waals surface area (Å²) in [6.45, 7) is 10.2. The molecule has 2 aromatic carbocycles. The summed E-state index contributed by atoms with van der Waals surface area (Å²) in [5, 5.41) is 3.47. The van der Waals surface area contributed by atoms with Gasteiger partial charge in [0, 0.05) is 19.6 Å². The van der Waals surface area contributed by atoms with Crippen LogP contribution in [0.2, 0.25) is 0 Å². The van der Waals surface area contributed by atoms with Gasteiger partial charge in [0.1, 0.15) is 0 Å². The average molecular weight is 403 g/mol. The lowest BCUT2D eigenvalue weighted by Crippen LogP contribution is -2.30. The van der Waals surface area contributed by atoms with Gasteiger partial charge >= 0.3 is 5.69 Å². The van der Waals surface area contributed by atoms with Gasteiger partial charge in [0.25, 0.3) is 5.56 Å². The maximum Gasteiger partial charge on any atom is 0.349 e. The number of aromatic nitrogens is 4. The smallest absolute Gasteiger partial charge is 0.321 e. The average Bonchev–Trinajstić information content (AvgIpc) is 2.69. The maximum atomic E-state index is 12.3. The molecule has 0 spiro atoms. The number of rotatable bonds is 5. The summed E-state index contributed by atoms with van der Waals surface area (Å²) < 4.78 is 1.91. The minimum Gasteiger partial charge on any atom is -0.321 e. The van der Waals surface area contributed by atoms with Crippen LogP contribution in [0.4, 0.5) is 0 Å². The molecule has 0 atom stereocenters. The van der Waals surface area contributed by atoms with E-state index in [4.69, 9.17) is 0 Å². The Morgan fingerprint density at radius 2 is 1.73 bits per heavy atom. The first-order valence-electron chi connectivity index (χ1n) is 10.0. The van der Waals surface area contributed by atoms with Crippen LogP contribution in [0, 0.1) is 27.7 Å². The Labute approximate surface area is 174 Å². The fraction of sp³-hybridized carbons (Fsp3) is 0.304. The van der Waals surface area contributed by atoms with Crippen LogP contribution in [0.5, 0.6) is 0 Å². The fourth-order valence-electron chi connectivity index (χ4n) is 3.68. The maximum absolute atomic E-state index is 12.3. The van der Waals surface area contributed by atoms with Crippen molar-refractivity contribution in [3.8, 4) is 11.5 Å². The van der Waals surface area contributed by atoms with E-state index in [2.05, 4.69) is 52.3 Å². The van der Waals surface area contributed by atoms with Crippen molar-refractivity contribution in [3.05, 3.63) is 79.0 Å². The van der Waals surface area contributed by atoms with Crippen molar-refractivity contribution in [2.45, 2.75) is 40.8 Å². The van der Waals surface area contributed by atoms with Crippen LogP contribution in [0.25, 0.3) is 22.6 Å². The summed E-state index contributed by atoms with van der Waals surface area (Å²) in [7, 11) is 0. The molecular weight excluding hydrogens is 378 g/mol. The van der Waals surface area contributed by atoms with E-state index in [1.165, 1.54) is 16.7 Å². The highest BCUT2D eigenvalue weighted by molar-refractivity contribution is 5.81. The van der Waals surface area contributed by atoms with E-state index in [-0.39, 0.29) is 5.69 Å². The minimum absolute atomic E-state index is 0.180. The van der Waals surface area contributed by atoms with Crippen molar-refractivity contribution in [1.29, 1.82) is 0 Å². The molecule has 2 N–H and O–H groups in total. The molecule has 0 saturated carbocycles. The van der Waals surface area contributed by atoms with Crippen LogP contribution < -0.4 is 16.6 Å². The Morgan fingerprint density at radius 3 is 2.53 bits per heavy atom. The molecule has 7 heteroatoms. The van der Waals surface area contributed by atoms with Crippen LogP contribution >= 0.6 is 0 Å². The third kappa shape index (κ3) is 3.76. The molecule has 0 unspecified atom stereocenters. The lowest BCUT2D eigenvalue weighted by Gasteiger charge is -2.18. The van der Waals surface area contributed by atoms with Crippen LogP contribution in [-0.2, 0) is 13.1 Å². The fourth-order valence-corrected chi connectivity index (χ4v) is 3.68. The van der Waals surface area contributed by atoms with E-state index in [1.54, 1.807) is 0 Å². The second-order valence-corrected chi connectivity index (χ2v) is 7.84. The number of H-pyrrole nitrogens is 1. The molecular formula is C23H25N5O2. The summed E-state index contributed by atoms with van der Waals surface area (Å²) in [6.07, 6.45) is 0. The van der Waals surface area contributed by atoms with Crippen molar-refractivity contribution in [2.24, 2.45) is 0 Å². The molecule has 0 saturated heterocycles. The molecule has 0 aromatic heterocycles. The number of hydrogen-bond donors (Lipinski definition) is 2. The summed E-state index contributed by atoms with van der Waals surface area (Å²) in [4.78, 5) is 35.0. The Bertz CT molecular complexity index is 1340.